The zero-order valence-corrected chi connectivity index (χ0v) is 17.3. The van der Waals surface area contributed by atoms with Gasteiger partial charge in [-0.1, -0.05) is 12.1 Å². The summed E-state index contributed by atoms with van der Waals surface area (Å²) in [5, 5.41) is 5.93. The van der Waals surface area contributed by atoms with Crippen molar-refractivity contribution in [2.45, 2.75) is 23.8 Å². The van der Waals surface area contributed by atoms with Crippen molar-refractivity contribution in [3.63, 3.8) is 0 Å². The minimum absolute atomic E-state index is 0.0350. The molecule has 1 atom stereocenters. The Kier molecular flexibility index (Phi) is 6.06. The lowest BCUT2D eigenvalue weighted by Gasteiger charge is -2.28. The van der Waals surface area contributed by atoms with Crippen LogP contribution in [-0.2, 0) is 4.79 Å². The number of benzene rings is 2. The second-order valence-electron chi connectivity index (χ2n) is 7.29. The van der Waals surface area contributed by atoms with Crippen LogP contribution in [0.25, 0.3) is 0 Å². The Balaban J connectivity index is 1.49. The number of fused-ring (bicyclic) bond motifs is 1. The van der Waals surface area contributed by atoms with E-state index in [1.165, 1.54) is 24.6 Å². The first-order valence-electron chi connectivity index (χ1n) is 9.87. The first-order chi connectivity index (χ1) is 14.1. The van der Waals surface area contributed by atoms with E-state index in [0.29, 0.717) is 23.5 Å². The first-order valence-corrected chi connectivity index (χ1v) is 10.9. The fourth-order valence-electron chi connectivity index (χ4n) is 3.88. The van der Waals surface area contributed by atoms with Crippen molar-refractivity contribution in [3.8, 4) is 5.75 Å². The molecule has 2 amide bonds. The van der Waals surface area contributed by atoms with Gasteiger partial charge in [0.2, 0.25) is 5.91 Å². The second kappa shape index (κ2) is 8.88. The fourth-order valence-corrected chi connectivity index (χ4v) is 4.66. The normalized spacial score (nSPS) is 17.3. The number of likely N-dealkylation sites (tertiary alicyclic amines) is 1. The quantitative estimate of drug-likeness (QED) is 0.763. The number of methoxy groups -OCH3 is 1. The second-order valence-corrected chi connectivity index (χ2v) is 8.31. The molecular weight excluding hydrogens is 386 g/mol. The van der Waals surface area contributed by atoms with Crippen molar-refractivity contribution < 1.29 is 14.3 Å². The molecule has 29 heavy (non-hydrogen) atoms. The van der Waals surface area contributed by atoms with Crippen LogP contribution in [0.3, 0.4) is 0 Å². The monoisotopic (exact) mass is 411 g/mol. The van der Waals surface area contributed by atoms with Crippen LogP contribution in [0.4, 0.5) is 5.69 Å². The molecule has 2 heterocycles. The third-order valence-corrected chi connectivity index (χ3v) is 6.46. The average Bonchev–Trinajstić information content (AvgIpc) is 3.28. The summed E-state index contributed by atoms with van der Waals surface area (Å²) in [6.45, 7) is 2.57. The maximum absolute atomic E-state index is 12.8. The number of hydrogen-bond donors (Lipinski definition) is 2. The lowest BCUT2D eigenvalue weighted by atomic mass is 10.0. The number of rotatable bonds is 6. The van der Waals surface area contributed by atoms with Crippen LogP contribution in [0.5, 0.6) is 5.75 Å². The van der Waals surface area contributed by atoms with E-state index in [9.17, 15) is 9.59 Å². The number of hydrogen-bond acceptors (Lipinski definition) is 5. The summed E-state index contributed by atoms with van der Waals surface area (Å²) in [6.07, 6.45) is 2.35. The molecule has 2 aliphatic heterocycles. The smallest absolute Gasteiger partial charge is 0.251 e. The van der Waals surface area contributed by atoms with Gasteiger partial charge in [-0.05, 0) is 61.8 Å². The molecule has 1 saturated heterocycles. The summed E-state index contributed by atoms with van der Waals surface area (Å²) >= 11 is 1.49. The van der Waals surface area contributed by atoms with Gasteiger partial charge in [0.25, 0.3) is 5.91 Å². The van der Waals surface area contributed by atoms with E-state index in [1.807, 2.05) is 30.3 Å². The third kappa shape index (κ3) is 4.57. The molecule has 2 aliphatic rings. The van der Waals surface area contributed by atoms with Gasteiger partial charge in [-0.25, -0.2) is 0 Å². The lowest BCUT2D eigenvalue weighted by Crippen LogP contribution is -2.36. The van der Waals surface area contributed by atoms with Crippen LogP contribution in [0.2, 0.25) is 0 Å². The van der Waals surface area contributed by atoms with Crippen molar-refractivity contribution in [1.82, 2.24) is 10.2 Å². The van der Waals surface area contributed by atoms with Crippen LogP contribution in [-0.4, -0.2) is 49.2 Å². The van der Waals surface area contributed by atoms with E-state index in [2.05, 4.69) is 21.6 Å². The molecule has 0 aromatic heterocycles. The lowest BCUT2D eigenvalue weighted by molar-refractivity contribution is -0.113. The number of carbonyl (C=O) groups is 2. The van der Waals surface area contributed by atoms with Crippen molar-refractivity contribution in [1.29, 1.82) is 0 Å². The molecule has 152 valence electrons. The molecule has 1 fully saturated rings. The Morgan fingerprint density at radius 1 is 1.24 bits per heavy atom. The molecule has 2 aromatic carbocycles. The highest BCUT2D eigenvalue weighted by atomic mass is 32.2. The van der Waals surface area contributed by atoms with Gasteiger partial charge in [-0.2, -0.15) is 0 Å². The highest BCUT2D eigenvalue weighted by Gasteiger charge is 2.25. The molecule has 2 aromatic rings. The van der Waals surface area contributed by atoms with Crippen LogP contribution in [0.1, 0.15) is 34.8 Å². The SMILES string of the molecule is COc1cccc([C@H](CNC(=O)c2ccc3c(c2)NC(=O)CS3)N2CCCC2)c1. The summed E-state index contributed by atoms with van der Waals surface area (Å²) in [7, 11) is 1.67. The number of carbonyl (C=O) groups excluding carboxylic acids is 2. The zero-order chi connectivity index (χ0) is 20.2. The van der Waals surface area contributed by atoms with Crippen LogP contribution in [0, 0.1) is 0 Å². The molecule has 2 N–H and O–H groups in total. The van der Waals surface area contributed by atoms with Crippen molar-refractivity contribution in [2.75, 3.05) is 37.8 Å². The largest absolute Gasteiger partial charge is 0.497 e. The Hall–Kier alpha value is -2.51. The van der Waals surface area contributed by atoms with E-state index in [0.717, 1.165) is 29.3 Å². The van der Waals surface area contributed by atoms with Gasteiger partial charge < -0.3 is 15.4 Å². The Morgan fingerprint density at radius 3 is 2.86 bits per heavy atom. The highest BCUT2D eigenvalue weighted by molar-refractivity contribution is 8.00. The maximum Gasteiger partial charge on any atom is 0.251 e. The maximum atomic E-state index is 12.8. The molecule has 0 radical (unpaired) electrons. The molecule has 6 nitrogen and oxygen atoms in total. The van der Waals surface area contributed by atoms with Crippen molar-refractivity contribution in [3.05, 3.63) is 53.6 Å². The van der Waals surface area contributed by atoms with Gasteiger partial charge in [0.1, 0.15) is 5.75 Å². The first kappa shape index (κ1) is 19.8. The van der Waals surface area contributed by atoms with Crippen molar-refractivity contribution >= 4 is 29.3 Å². The minimum Gasteiger partial charge on any atom is -0.497 e. The van der Waals surface area contributed by atoms with Gasteiger partial charge in [-0.15, -0.1) is 11.8 Å². The molecule has 4 rings (SSSR count). The fraction of sp³-hybridized carbons (Fsp3) is 0.364. The van der Waals surface area contributed by atoms with Gasteiger partial charge >= 0.3 is 0 Å². The molecule has 0 unspecified atom stereocenters. The van der Waals surface area contributed by atoms with E-state index in [-0.39, 0.29) is 17.9 Å². The Morgan fingerprint density at radius 2 is 2.07 bits per heavy atom. The highest BCUT2D eigenvalue weighted by Crippen LogP contribution is 2.32. The van der Waals surface area contributed by atoms with E-state index in [1.54, 1.807) is 13.2 Å². The average molecular weight is 412 g/mol. The minimum atomic E-state index is -0.135. The number of amides is 2. The number of anilines is 1. The summed E-state index contributed by atoms with van der Waals surface area (Å²) in [6, 6.07) is 13.6. The number of ether oxygens (including phenoxy) is 1. The number of nitrogens with zero attached hydrogens (tertiary/aromatic N) is 1. The summed E-state index contributed by atoms with van der Waals surface area (Å²) in [5.41, 5.74) is 2.40. The predicted octanol–water partition coefficient (Wildman–Crippen LogP) is 3.31. The van der Waals surface area contributed by atoms with Gasteiger partial charge in [0, 0.05) is 17.0 Å². The van der Waals surface area contributed by atoms with E-state index in [4.69, 9.17) is 4.74 Å². The Labute approximate surface area is 175 Å². The summed E-state index contributed by atoms with van der Waals surface area (Å²) in [4.78, 5) is 27.9. The van der Waals surface area contributed by atoms with Gasteiger partial charge in [-0.3, -0.25) is 14.5 Å². The number of nitrogens with one attached hydrogen (secondary N) is 2. The standard InChI is InChI=1S/C22H25N3O3S/c1-28-17-6-4-5-15(11-17)19(25-9-2-3-10-25)13-23-22(27)16-7-8-20-18(12-16)24-21(26)14-29-20/h4-8,11-12,19H,2-3,9-10,13-14H2,1H3,(H,23,27)(H,24,26)/t19-/m0/s1. The summed E-state index contributed by atoms with van der Waals surface area (Å²) in [5.74, 6) is 1.06. The van der Waals surface area contributed by atoms with Crippen molar-refractivity contribution in [2.24, 2.45) is 0 Å². The molecule has 0 spiro atoms. The van der Waals surface area contributed by atoms with Gasteiger partial charge in [0.05, 0.1) is 24.6 Å². The topological polar surface area (TPSA) is 70.7 Å². The molecular formula is C22H25N3O3S. The van der Waals surface area contributed by atoms with E-state index >= 15 is 0 Å². The van der Waals surface area contributed by atoms with Crippen LogP contribution >= 0.6 is 11.8 Å². The molecule has 0 saturated carbocycles. The molecule has 0 bridgehead atoms. The zero-order valence-electron chi connectivity index (χ0n) is 16.4. The predicted molar refractivity (Wildman–Crippen MR) is 115 cm³/mol. The van der Waals surface area contributed by atoms with Crippen LogP contribution < -0.4 is 15.4 Å². The Bertz CT molecular complexity index is 912. The van der Waals surface area contributed by atoms with E-state index < -0.39 is 0 Å². The number of thioether (sulfide) groups is 1. The van der Waals surface area contributed by atoms with Crippen LogP contribution in [0.15, 0.2) is 47.4 Å². The molecule has 7 heteroatoms. The third-order valence-electron chi connectivity index (χ3n) is 5.39. The summed E-state index contributed by atoms with van der Waals surface area (Å²) < 4.78 is 5.38. The van der Waals surface area contributed by atoms with Gasteiger partial charge in [0.15, 0.2) is 0 Å². The molecule has 0 aliphatic carbocycles.